The van der Waals surface area contributed by atoms with Gasteiger partial charge in [-0.1, -0.05) is 73.4 Å². The maximum absolute atomic E-state index is 9.44. The minimum atomic E-state index is 0.167. The zero-order valence-corrected chi connectivity index (χ0v) is 17.9. The third kappa shape index (κ3) is 32.6. The number of methoxy groups -OCH3 is 1. The van der Waals surface area contributed by atoms with Crippen LogP contribution in [0.2, 0.25) is 0 Å². The lowest BCUT2D eigenvalue weighted by Crippen LogP contribution is -1.84. The number of rotatable bonds is 4. The summed E-state index contributed by atoms with van der Waals surface area (Å²) in [4.78, 5) is 9.44. The first kappa shape index (κ1) is 27.5. The molecule has 24 heavy (non-hydrogen) atoms. The van der Waals surface area contributed by atoms with Crippen molar-refractivity contribution in [3.8, 4) is 5.75 Å². The van der Waals surface area contributed by atoms with Crippen molar-refractivity contribution in [1.29, 1.82) is 0 Å². The molecule has 0 unspecified atom stereocenters. The van der Waals surface area contributed by atoms with E-state index in [0.29, 0.717) is 0 Å². The van der Waals surface area contributed by atoms with Gasteiger partial charge in [0.1, 0.15) is 11.5 Å². The predicted molar refractivity (Wildman–Crippen MR) is 109 cm³/mol. The minimum absolute atomic E-state index is 0.167. The van der Waals surface area contributed by atoms with Crippen molar-refractivity contribution in [2.45, 2.75) is 81.6 Å². The molecular formula is C22H42O2. The second-order valence-electron chi connectivity index (χ2n) is 7.03. The number of ketones is 1. The molecule has 0 fully saturated rings. The summed E-state index contributed by atoms with van der Waals surface area (Å²) in [7, 11) is 1.69. The molecular weight excluding hydrogens is 296 g/mol. The zero-order chi connectivity index (χ0) is 19.5. The van der Waals surface area contributed by atoms with Gasteiger partial charge >= 0.3 is 0 Å². The van der Waals surface area contributed by atoms with E-state index in [1.54, 1.807) is 7.11 Å². The smallest absolute Gasteiger partial charge is 0.126 e. The van der Waals surface area contributed by atoms with Crippen LogP contribution < -0.4 is 4.74 Å². The van der Waals surface area contributed by atoms with Crippen LogP contribution in [-0.4, -0.2) is 12.9 Å². The van der Waals surface area contributed by atoms with E-state index < -0.39 is 0 Å². The van der Waals surface area contributed by atoms with Crippen LogP contribution in [0.4, 0.5) is 0 Å². The summed E-state index contributed by atoms with van der Waals surface area (Å²) in [5.74, 6) is 2.84. The summed E-state index contributed by atoms with van der Waals surface area (Å²) in [6.07, 6.45) is 3.77. The number of ether oxygens (including phenoxy) is 1. The number of benzene rings is 1. The third-order valence-corrected chi connectivity index (χ3v) is 2.41. The van der Waals surface area contributed by atoms with Crippen LogP contribution in [-0.2, 0) is 11.2 Å². The van der Waals surface area contributed by atoms with E-state index in [9.17, 15) is 4.79 Å². The van der Waals surface area contributed by atoms with Crippen molar-refractivity contribution >= 4 is 5.78 Å². The highest BCUT2D eigenvalue weighted by molar-refractivity contribution is 5.72. The SMILES string of the molecule is CC(C)=O.CC(C)C.CCCC(C)C.CCc1cccc(OC)c1. The average Bonchev–Trinajstić information content (AvgIpc) is 2.46. The van der Waals surface area contributed by atoms with Gasteiger partial charge in [0.2, 0.25) is 0 Å². The van der Waals surface area contributed by atoms with E-state index in [2.05, 4.69) is 60.6 Å². The molecule has 0 heterocycles. The number of hydrogen-bond acceptors (Lipinski definition) is 2. The van der Waals surface area contributed by atoms with Gasteiger partial charge in [-0.05, 0) is 49.8 Å². The van der Waals surface area contributed by atoms with Crippen molar-refractivity contribution in [1.82, 2.24) is 0 Å². The summed E-state index contributed by atoms with van der Waals surface area (Å²) < 4.78 is 5.06. The highest BCUT2D eigenvalue weighted by Crippen LogP contribution is 2.12. The topological polar surface area (TPSA) is 26.3 Å². The zero-order valence-electron chi connectivity index (χ0n) is 17.9. The third-order valence-electron chi connectivity index (χ3n) is 2.41. The number of carbonyl (C=O) groups excluding carboxylic acids is 1. The average molecular weight is 339 g/mol. The molecule has 0 aliphatic heterocycles. The Labute approximate surface area is 152 Å². The second kappa shape index (κ2) is 19.7. The molecule has 2 heteroatoms. The molecule has 0 spiro atoms. The molecule has 0 amide bonds. The van der Waals surface area contributed by atoms with Gasteiger partial charge in [0.05, 0.1) is 7.11 Å². The molecule has 0 saturated carbocycles. The maximum Gasteiger partial charge on any atom is 0.126 e. The van der Waals surface area contributed by atoms with Crippen LogP contribution in [0.5, 0.6) is 5.75 Å². The van der Waals surface area contributed by atoms with Crippen LogP contribution >= 0.6 is 0 Å². The first-order valence-electron chi connectivity index (χ1n) is 9.20. The number of aryl methyl sites for hydroxylation is 1. The Balaban J connectivity index is -0.000000271. The van der Waals surface area contributed by atoms with Crippen molar-refractivity contribution in [2.75, 3.05) is 7.11 Å². The molecule has 0 radical (unpaired) electrons. The van der Waals surface area contributed by atoms with Crippen molar-refractivity contribution in [3.05, 3.63) is 29.8 Å². The van der Waals surface area contributed by atoms with Gasteiger partial charge in [-0.15, -0.1) is 0 Å². The Morgan fingerprint density at radius 2 is 1.50 bits per heavy atom. The Hall–Kier alpha value is -1.31. The minimum Gasteiger partial charge on any atom is -0.497 e. The summed E-state index contributed by atoms with van der Waals surface area (Å²) in [6, 6.07) is 8.12. The molecule has 2 nitrogen and oxygen atoms in total. The first-order valence-corrected chi connectivity index (χ1v) is 9.20. The molecule has 0 atom stereocenters. The predicted octanol–water partition coefficient (Wildman–Crippen LogP) is 6.96. The largest absolute Gasteiger partial charge is 0.497 e. The standard InChI is InChI=1S/C9H12O.C6H14.C4H10.C3H6O/c1-3-8-5-4-6-9(7-8)10-2;1-4-5-6(2)3;1-4(2)3;1-3(2)4/h4-7H,3H2,1-2H3;6H,4-5H2,1-3H3;4H,1-3H3;1-2H3. The van der Waals surface area contributed by atoms with Crippen molar-refractivity contribution in [3.63, 3.8) is 0 Å². The Morgan fingerprint density at radius 3 is 1.75 bits per heavy atom. The lowest BCUT2D eigenvalue weighted by Gasteiger charge is -2.00. The lowest BCUT2D eigenvalue weighted by atomic mass is 10.1. The van der Waals surface area contributed by atoms with E-state index in [1.165, 1.54) is 32.3 Å². The quantitative estimate of drug-likeness (QED) is 0.593. The Morgan fingerprint density at radius 1 is 1.04 bits per heavy atom. The molecule has 1 rings (SSSR count). The van der Waals surface area contributed by atoms with Crippen LogP contribution in [0.15, 0.2) is 24.3 Å². The molecule has 0 bridgehead atoms. The van der Waals surface area contributed by atoms with Gasteiger partial charge in [0, 0.05) is 0 Å². The first-order chi connectivity index (χ1) is 11.1. The van der Waals surface area contributed by atoms with Crippen LogP contribution in [0, 0.1) is 11.8 Å². The van der Waals surface area contributed by atoms with E-state index in [4.69, 9.17) is 4.74 Å². The van der Waals surface area contributed by atoms with Gasteiger partial charge in [-0.2, -0.15) is 0 Å². The molecule has 0 saturated heterocycles. The van der Waals surface area contributed by atoms with E-state index in [1.807, 2.05) is 12.1 Å². The van der Waals surface area contributed by atoms with Crippen LogP contribution in [0.1, 0.15) is 80.7 Å². The van der Waals surface area contributed by atoms with Crippen molar-refractivity contribution in [2.24, 2.45) is 11.8 Å². The van der Waals surface area contributed by atoms with Gasteiger partial charge in [-0.25, -0.2) is 0 Å². The number of Topliss-reactive ketones (excluding diaryl/α,β-unsaturated/α-hetero) is 1. The van der Waals surface area contributed by atoms with Crippen LogP contribution in [0.3, 0.4) is 0 Å². The molecule has 142 valence electrons. The van der Waals surface area contributed by atoms with E-state index in [0.717, 1.165) is 24.0 Å². The van der Waals surface area contributed by atoms with E-state index in [-0.39, 0.29) is 5.78 Å². The number of hydrogen-bond donors (Lipinski definition) is 0. The Bertz CT molecular complexity index is 355. The van der Waals surface area contributed by atoms with Crippen LogP contribution in [0.25, 0.3) is 0 Å². The summed E-state index contributed by atoms with van der Waals surface area (Å²) in [6.45, 7) is 18.4. The van der Waals surface area contributed by atoms with Gasteiger partial charge in [0.15, 0.2) is 0 Å². The molecule has 0 aliphatic carbocycles. The van der Waals surface area contributed by atoms with Gasteiger partial charge in [-0.3, -0.25) is 0 Å². The molecule has 0 aromatic heterocycles. The maximum atomic E-state index is 9.44. The van der Waals surface area contributed by atoms with Gasteiger partial charge in [0.25, 0.3) is 0 Å². The molecule has 0 N–H and O–H groups in total. The van der Waals surface area contributed by atoms with E-state index >= 15 is 0 Å². The van der Waals surface area contributed by atoms with Gasteiger partial charge < -0.3 is 9.53 Å². The fourth-order valence-electron chi connectivity index (χ4n) is 1.47. The summed E-state index contributed by atoms with van der Waals surface area (Å²) >= 11 is 0. The highest BCUT2D eigenvalue weighted by Gasteiger charge is 1.90. The summed E-state index contributed by atoms with van der Waals surface area (Å²) in [5.41, 5.74) is 1.32. The molecule has 0 aliphatic rings. The molecule has 1 aromatic rings. The highest BCUT2D eigenvalue weighted by atomic mass is 16.5. The monoisotopic (exact) mass is 338 g/mol. The second-order valence-corrected chi connectivity index (χ2v) is 7.03. The van der Waals surface area contributed by atoms with Crippen molar-refractivity contribution < 1.29 is 9.53 Å². The molecule has 1 aromatic carbocycles. The fourth-order valence-corrected chi connectivity index (χ4v) is 1.47. The number of carbonyl (C=O) groups is 1. The Kier molecular flexibility index (Phi) is 22.6. The fraction of sp³-hybridized carbons (Fsp3) is 0.682. The lowest BCUT2D eigenvalue weighted by molar-refractivity contribution is -0.114. The normalized spacial score (nSPS) is 9.00. The summed E-state index contributed by atoms with van der Waals surface area (Å²) in [5, 5.41) is 0.